The van der Waals surface area contributed by atoms with E-state index in [0.29, 0.717) is 0 Å². The molecule has 4 rings (SSSR count). The molecule has 1 spiro atoms. The van der Waals surface area contributed by atoms with Crippen molar-refractivity contribution < 1.29 is 18.0 Å². The fourth-order valence-electron chi connectivity index (χ4n) is 4.92. The van der Waals surface area contributed by atoms with E-state index in [1.165, 1.54) is 23.3 Å². The van der Waals surface area contributed by atoms with Crippen molar-refractivity contribution in [1.29, 1.82) is 0 Å². The van der Waals surface area contributed by atoms with Gasteiger partial charge in [0.1, 0.15) is 0 Å². The second-order valence-corrected chi connectivity index (χ2v) is 9.17. The van der Waals surface area contributed by atoms with Crippen LogP contribution in [0.3, 0.4) is 0 Å². The number of rotatable bonds is 6. The third-order valence-electron chi connectivity index (χ3n) is 6.82. The number of nitrogens with zero attached hydrogens (tertiary/aromatic N) is 1. The number of piperidine rings is 1. The minimum absolute atomic E-state index is 0.0289. The van der Waals surface area contributed by atoms with Gasteiger partial charge in [0.25, 0.3) is 0 Å². The van der Waals surface area contributed by atoms with Crippen LogP contribution in [0.4, 0.5) is 13.2 Å². The van der Waals surface area contributed by atoms with Gasteiger partial charge in [-0.3, -0.25) is 9.69 Å². The van der Waals surface area contributed by atoms with E-state index < -0.39 is 11.7 Å². The predicted octanol–water partition coefficient (Wildman–Crippen LogP) is 5.53. The van der Waals surface area contributed by atoms with Crippen molar-refractivity contribution in [2.45, 2.75) is 38.9 Å². The second kappa shape index (κ2) is 9.10. The Balaban J connectivity index is 1.26. The number of hydrogen-bond acceptors (Lipinski definition) is 2. The number of nitrogens with one attached hydrogen (secondary N) is 1. The van der Waals surface area contributed by atoms with Crippen molar-refractivity contribution in [2.24, 2.45) is 11.3 Å². The summed E-state index contributed by atoms with van der Waals surface area (Å²) in [4.78, 5) is 15.1. The summed E-state index contributed by atoms with van der Waals surface area (Å²) >= 11 is 0. The smallest absolute Gasteiger partial charge is 0.352 e. The molecule has 1 aliphatic carbocycles. The number of hydrogen-bond donors (Lipinski definition) is 1. The summed E-state index contributed by atoms with van der Waals surface area (Å²) in [7, 11) is 0. The molecule has 2 aromatic rings. The van der Waals surface area contributed by atoms with E-state index in [4.69, 9.17) is 0 Å². The van der Waals surface area contributed by atoms with E-state index in [2.05, 4.69) is 35.3 Å². The van der Waals surface area contributed by atoms with Crippen molar-refractivity contribution in [3.63, 3.8) is 0 Å². The Morgan fingerprint density at radius 1 is 1.09 bits per heavy atom. The van der Waals surface area contributed by atoms with E-state index in [1.807, 2.05) is 18.2 Å². The van der Waals surface area contributed by atoms with E-state index in [9.17, 15) is 18.0 Å². The Hall–Kier alpha value is -2.60. The summed E-state index contributed by atoms with van der Waals surface area (Å²) in [5, 5.41) is 2.75. The number of amides is 1. The van der Waals surface area contributed by atoms with E-state index in [1.54, 1.807) is 6.07 Å². The van der Waals surface area contributed by atoms with Crippen LogP contribution in [0, 0.1) is 11.3 Å². The molecule has 170 valence electrons. The highest BCUT2D eigenvalue weighted by atomic mass is 19.4. The zero-order valence-corrected chi connectivity index (χ0v) is 18.3. The predicted molar refractivity (Wildman–Crippen MR) is 120 cm³/mol. The molecule has 6 heteroatoms. The van der Waals surface area contributed by atoms with Crippen molar-refractivity contribution in [3.05, 3.63) is 76.9 Å². The zero-order valence-electron chi connectivity index (χ0n) is 18.3. The molecule has 1 saturated heterocycles. The van der Waals surface area contributed by atoms with E-state index in [0.717, 1.165) is 45.0 Å². The van der Waals surface area contributed by atoms with Gasteiger partial charge in [-0.25, -0.2) is 0 Å². The highest BCUT2D eigenvalue weighted by molar-refractivity contribution is 5.82. The van der Waals surface area contributed by atoms with Gasteiger partial charge in [0, 0.05) is 19.0 Å². The van der Waals surface area contributed by atoms with E-state index in [-0.39, 0.29) is 29.3 Å². The summed E-state index contributed by atoms with van der Waals surface area (Å²) in [5.41, 5.74) is 1.96. The molecule has 1 N–H and O–H groups in total. The molecule has 2 fully saturated rings. The Labute approximate surface area is 187 Å². The molecule has 1 amide bonds. The molecule has 0 aromatic heterocycles. The Morgan fingerprint density at radius 3 is 2.44 bits per heavy atom. The normalized spacial score (nSPS) is 20.9. The number of carbonyl (C=O) groups excluding carboxylic acids is 1. The minimum Gasteiger partial charge on any atom is -0.352 e. The molecular formula is C26H29F3N2O. The van der Waals surface area contributed by atoms with Gasteiger partial charge in [0.15, 0.2) is 0 Å². The van der Waals surface area contributed by atoms with Crippen LogP contribution in [0.2, 0.25) is 0 Å². The van der Waals surface area contributed by atoms with Gasteiger partial charge in [-0.1, -0.05) is 60.2 Å². The molecule has 1 atom stereocenters. The lowest BCUT2D eigenvalue weighted by Gasteiger charge is -2.33. The van der Waals surface area contributed by atoms with Gasteiger partial charge in [-0.2, -0.15) is 13.2 Å². The maximum Gasteiger partial charge on any atom is 0.416 e. The van der Waals surface area contributed by atoms with Gasteiger partial charge in [-0.05, 0) is 61.9 Å². The lowest BCUT2D eigenvalue weighted by molar-refractivity contribution is -0.138. The lowest BCUT2D eigenvalue weighted by atomic mass is 9.90. The number of carbonyl (C=O) groups is 1. The van der Waals surface area contributed by atoms with Gasteiger partial charge in [-0.15, -0.1) is 0 Å². The molecule has 32 heavy (non-hydrogen) atoms. The van der Waals surface area contributed by atoms with Crippen LogP contribution < -0.4 is 5.32 Å². The average Bonchev–Trinajstić information content (AvgIpc) is 3.47. The van der Waals surface area contributed by atoms with Crippen LogP contribution in [-0.2, 0) is 17.5 Å². The van der Waals surface area contributed by atoms with Gasteiger partial charge >= 0.3 is 6.18 Å². The summed E-state index contributed by atoms with van der Waals surface area (Å²) < 4.78 is 39.5. The number of benzene rings is 2. The molecule has 2 aliphatic rings. The first-order valence-electron chi connectivity index (χ1n) is 11.1. The third kappa shape index (κ3) is 5.23. The van der Waals surface area contributed by atoms with Crippen molar-refractivity contribution >= 4 is 12.0 Å². The van der Waals surface area contributed by atoms with Crippen LogP contribution in [0.1, 0.15) is 42.9 Å². The monoisotopic (exact) mass is 442 g/mol. The average molecular weight is 443 g/mol. The number of likely N-dealkylation sites (tertiary alicyclic amines) is 1. The topological polar surface area (TPSA) is 32.3 Å². The van der Waals surface area contributed by atoms with Crippen LogP contribution >= 0.6 is 0 Å². The van der Waals surface area contributed by atoms with Gasteiger partial charge in [0.05, 0.1) is 5.56 Å². The van der Waals surface area contributed by atoms with Crippen molar-refractivity contribution in [1.82, 2.24) is 10.2 Å². The first-order valence-corrected chi connectivity index (χ1v) is 11.1. The molecule has 2 aromatic carbocycles. The summed E-state index contributed by atoms with van der Waals surface area (Å²) in [5.74, 6) is -0.195. The molecule has 0 bridgehead atoms. The van der Waals surface area contributed by atoms with Gasteiger partial charge < -0.3 is 5.32 Å². The van der Waals surface area contributed by atoms with Crippen LogP contribution in [0.15, 0.2) is 60.2 Å². The quantitative estimate of drug-likeness (QED) is 0.638. The van der Waals surface area contributed by atoms with Crippen LogP contribution in [0.5, 0.6) is 0 Å². The largest absolute Gasteiger partial charge is 0.416 e. The molecule has 3 nitrogen and oxygen atoms in total. The molecule has 0 unspecified atom stereocenters. The minimum atomic E-state index is -4.41. The first-order chi connectivity index (χ1) is 15.3. The first kappa shape index (κ1) is 22.6. The van der Waals surface area contributed by atoms with Crippen LogP contribution in [0.25, 0.3) is 6.08 Å². The summed E-state index contributed by atoms with van der Waals surface area (Å²) in [6.45, 7) is 4.86. The maximum atomic E-state index is 13.2. The molecule has 0 radical (unpaired) electrons. The number of halogens is 3. The van der Waals surface area contributed by atoms with Gasteiger partial charge in [0.2, 0.25) is 5.91 Å². The molecule has 1 heterocycles. The highest BCUT2D eigenvalue weighted by Gasteiger charge is 2.58. The fourth-order valence-corrected chi connectivity index (χ4v) is 4.92. The van der Waals surface area contributed by atoms with Crippen molar-refractivity contribution in [2.75, 3.05) is 19.6 Å². The Bertz CT molecular complexity index is 976. The van der Waals surface area contributed by atoms with Crippen LogP contribution in [-0.4, -0.2) is 30.4 Å². The maximum absolute atomic E-state index is 13.2. The Morgan fingerprint density at radius 2 is 1.75 bits per heavy atom. The number of alkyl halides is 3. The summed E-state index contributed by atoms with van der Waals surface area (Å²) in [6, 6.07) is 15.7. The van der Waals surface area contributed by atoms with E-state index >= 15 is 0 Å². The second-order valence-electron chi connectivity index (χ2n) is 9.17. The molecule has 1 aliphatic heterocycles. The zero-order chi connectivity index (χ0) is 22.8. The molecule has 1 saturated carbocycles. The summed E-state index contributed by atoms with van der Waals surface area (Å²) in [6.07, 6.45) is 0.552. The fraction of sp³-hybridized carbons (Fsp3) is 0.423. The van der Waals surface area contributed by atoms with Crippen molar-refractivity contribution in [3.8, 4) is 0 Å². The standard InChI is InChI=1S/C26H29F3N2O/c1-19(15-20-7-3-2-4-8-20)18-31-13-11-25(12-14-31)16-23(25)24(32)30-17-21-9-5-6-10-22(21)26(27,28)29/h2-10,15,23H,11-14,16-18H2,1H3,(H,30,32)/b19-15+/t23-/m0/s1. The third-order valence-corrected chi connectivity index (χ3v) is 6.82. The Kier molecular flexibility index (Phi) is 6.42. The highest BCUT2D eigenvalue weighted by Crippen LogP contribution is 2.59. The lowest BCUT2D eigenvalue weighted by Crippen LogP contribution is -2.37. The molecular weight excluding hydrogens is 413 g/mol. The SMILES string of the molecule is C/C(=C\c1ccccc1)CN1CCC2(CC1)C[C@H]2C(=O)NCc1ccccc1C(F)(F)F.